The number of rotatable bonds is 7. The number of aryl methyl sites for hydroxylation is 1. The second kappa shape index (κ2) is 7.18. The standard InChI is InChI=1S/C12H19N7S/c1-4-6-9-10(13-7-5-2)14-8-15-11(9)20-12-16-17-18-19(12)3/h8H,4-7H2,1-3H3,(H,13,14,15). The van der Waals surface area contributed by atoms with Crippen molar-refractivity contribution >= 4 is 17.6 Å². The van der Waals surface area contributed by atoms with Gasteiger partial charge in [0.1, 0.15) is 17.2 Å². The number of hydrogen-bond donors (Lipinski definition) is 1. The summed E-state index contributed by atoms with van der Waals surface area (Å²) in [6.07, 6.45) is 4.62. The van der Waals surface area contributed by atoms with Crippen molar-refractivity contribution in [2.45, 2.75) is 43.3 Å². The number of nitrogens with one attached hydrogen (secondary N) is 1. The lowest BCUT2D eigenvalue weighted by Gasteiger charge is -2.12. The monoisotopic (exact) mass is 293 g/mol. The highest BCUT2D eigenvalue weighted by Gasteiger charge is 2.14. The zero-order valence-electron chi connectivity index (χ0n) is 12.0. The number of tetrazole rings is 1. The molecule has 2 rings (SSSR count). The molecule has 0 aliphatic heterocycles. The highest BCUT2D eigenvalue weighted by Crippen LogP contribution is 2.30. The van der Waals surface area contributed by atoms with Gasteiger partial charge in [0.25, 0.3) is 0 Å². The molecule has 0 aromatic carbocycles. The molecule has 2 aromatic rings. The van der Waals surface area contributed by atoms with Gasteiger partial charge in [-0.3, -0.25) is 0 Å². The van der Waals surface area contributed by atoms with E-state index < -0.39 is 0 Å². The van der Waals surface area contributed by atoms with E-state index in [-0.39, 0.29) is 0 Å². The van der Waals surface area contributed by atoms with E-state index in [1.807, 2.05) is 7.05 Å². The minimum absolute atomic E-state index is 0.725. The lowest BCUT2D eigenvalue weighted by atomic mass is 10.2. The van der Waals surface area contributed by atoms with E-state index in [1.54, 1.807) is 11.0 Å². The Labute approximate surface area is 122 Å². The van der Waals surface area contributed by atoms with Gasteiger partial charge in [-0.2, -0.15) is 0 Å². The molecule has 7 nitrogen and oxygen atoms in total. The average Bonchev–Trinajstić information content (AvgIpc) is 2.85. The van der Waals surface area contributed by atoms with Crippen molar-refractivity contribution in [1.82, 2.24) is 30.2 Å². The Kier molecular flexibility index (Phi) is 5.28. The van der Waals surface area contributed by atoms with Crippen LogP contribution in [-0.4, -0.2) is 36.7 Å². The van der Waals surface area contributed by atoms with Crippen molar-refractivity contribution in [1.29, 1.82) is 0 Å². The van der Waals surface area contributed by atoms with Crippen molar-refractivity contribution in [2.24, 2.45) is 7.05 Å². The lowest BCUT2D eigenvalue weighted by molar-refractivity contribution is 0.664. The van der Waals surface area contributed by atoms with Crippen LogP contribution in [0.15, 0.2) is 16.5 Å². The van der Waals surface area contributed by atoms with Gasteiger partial charge < -0.3 is 5.32 Å². The summed E-state index contributed by atoms with van der Waals surface area (Å²) in [4.78, 5) is 8.74. The molecule has 2 heterocycles. The highest BCUT2D eigenvalue weighted by atomic mass is 32.2. The maximum atomic E-state index is 4.38. The molecule has 0 saturated heterocycles. The zero-order valence-corrected chi connectivity index (χ0v) is 12.8. The Morgan fingerprint density at radius 2 is 2.10 bits per heavy atom. The fourth-order valence-corrected chi connectivity index (χ4v) is 2.59. The molecular weight excluding hydrogens is 274 g/mol. The van der Waals surface area contributed by atoms with Crippen LogP contribution in [0, 0.1) is 0 Å². The quantitative estimate of drug-likeness (QED) is 0.781. The molecule has 0 aliphatic carbocycles. The van der Waals surface area contributed by atoms with Gasteiger partial charge >= 0.3 is 0 Å². The smallest absolute Gasteiger partial charge is 0.215 e. The van der Waals surface area contributed by atoms with Crippen molar-refractivity contribution in [3.8, 4) is 0 Å². The molecule has 8 heteroatoms. The molecule has 0 amide bonds. The van der Waals surface area contributed by atoms with Crippen molar-refractivity contribution in [2.75, 3.05) is 11.9 Å². The van der Waals surface area contributed by atoms with Crippen molar-refractivity contribution < 1.29 is 0 Å². The molecular formula is C12H19N7S. The van der Waals surface area contributed by atoms with E-state index in [2.05, 4.69) is 44.7 Å². The summed E-state index contributed by atoms with van der Waals surface area (Å²) in [5.74, 6) is 0.918. The van der Waals surface area contributed by atoms with Crippen LogP contribution >= 0.6 is 11.8 Å². The molecule has 20 heavy (non-hydrogen) atoms. The van der Waals surface area contributed by atoms with Gasteiger partial charge in [-0.15, -0.1) is 5.10 Å². The lowest BCUT2D eigenvalue weighted by Crippen LogP contribution is -2.07. The van der Waals surface area contributed by atoms with Gasteiger partial charge in [-0.05, 0) is 35.0 Å². The maximum Gasteiger partial charge on any atom is 0.215 e. The molecule has 1 N–H and O–H groups in total. The van der Waals surface area contributed by atoms with Gasteiger partial charge in [-0.25, -0.2) is 14.6 Å². The number of hydrogen-bond acceptors (Lipinski definition) is 7. The summed E-state index contributed by atoms with van der Waals surface area (Å²) < 4.78 is 1.64. The van der Waals surface area contributed by atoms with Crippen LogP contribution in [0.5, 0.6) is 0 Å². The van der Waals surface area contributed by atoms with Crippen LogP contribution in [0.25, 0.3) is 0 Å². The number of anilines is 1. The summed E-state index contributed by atoms with van der Waals surface area (Å²) in [6, 6.07) is 0. The van der Waals surface area contributed by atoms with Crippen LogP contribution < -0.4 is 5.32 Å². The van der Waals surface area contributed by atoms with Crippen LogP contribution in [0.1, 0.15) is 32.3 Å². The number of aromatic nitrogens is 6. The first kappa shape index (κ1) is 14.7. The summed E-state index contributed by atoms with van der Waals surface area (Å²) in [5.41, 5.74) is 1.14. The zero-order chi connectivity index (χ0) is 14.4. The number of nitrogens with zero attached hydrogens (tertiary/aromatic N) is 6. The molecule has 108 valence electrons. The summed E-state index contributed by atoms with van der Waals surface area (Å²) >= 11 is 1.47. The fraction of sp³-hybridized carbons (Fsp3) is 0.583. The van der Waals surface area contributed by atoms with Gasteiger partial charge in [0, 0.05) is 19.2 Å². The van der Waals surface area contributed by atoms with Crippen molar-refractivity contribution in [3.05, 3.63) is 11.9 Å². The predicted octanol–water partition coefficient (Wildman–Crippen LogP) is 1.93. The topological polar surface area (TPSA) is 81.4 Å². The van der Waals surface area contributed by atoms with Crippen LogP contribution in [0.2, 0.25) is 0 Å². The second-order valence-corrected chi connectivity index (χ2v) is 5.33. The molecule has 0 aliphatic rings. The first-order chi connectivity index (χ1) is 9.76. The van der Waals surface area contributed by atoms with Gasteiger partial charge in [-0.1, -0.05) is 20.3 Å². The molecule has 0 atom stereocenters. The Morgan fingerprint density at radius 3 is 2.75 bits per heavy atom. The summed E-state index contributed by atoms with van der Waals surface area (Å²) in [5, 5.41) is 16.5. The van der Waals surface area contributed by atoms with Crippen LogP contribution in [-0.2, 0) is 13.5 Å². The Hall–Kier alpha value is -1.70. The molecule has 0 radical (unpaired) electrons. The average molecular weight is 293 g/mol. The SMILES string of the molecule is CCCNc1ncnc(Sc2nnnn2C)c1CCC. The van der Waals surface area contributed by atoms with Crippen LogP contribution in [0.4, 0.5) is 5.82 Å². The third kappa shape index (κ3) is 3.44. The Morgan fingerprint density at radius 1 is 1.25 bits per heavy atom. The van der Waals surface area contributed by atoms with Gasteiger partial charge in [0.15, 0.2) is 0 Å². The summed E-state index contributed by atoms with van der Waals surface area (Å²) in [6.45, 7) is 5.19. The second-order valence-electron chi connectivity index (χ2n) is 4.37. The first-order valence-electron chi connectivity index (χ1n) is 6.74. The van der Waals surface area contributed by atoms with Gasteiger partial charge in [0.2, 0.25) is 5.16 Å². The van der Waals surface area contributed by atoms with E-state index >= 15 is 0 Å². The highest BCUT2D eigenvalue weighted by molar-refractivity contribution is 7.99. The largest absolute Gasteiger partial charge is 0.370 e. The Bertz CT molecular complexity index is 554. The molecule has 0 bridgehead atoms. The third-order valence-corrected chi connectivity index (χ3v) is 3.79. The normalized spacial score (nSPS) is 10.8. The summed E-state index contributed by atoms with van der Waals surface area (Å²) in [7, 11) is 1.82. The molecule has 0 unspecified atom stereocenters. The molecule has 0 saturated carbocycles. The fourth-order valence-electron chi connectivity index (χ4n) is 1.75. The van der Waals surface area contributed by atoms with Gasteiger partial charge in [0.05, 0.1) is 0 Å². The minimum Gasteiger partial charge on any atom is -0.370 e. The maximum absolute atomic E-state index is 4.38. The Balaban J connectivity index is 2.28. The minimum atomic E-state index is 0.725. The molecule has 2 aromatic heterocycles. The van der Waals surface area contributed by atoms with Crippen molar-refractivity contribution in [3.63, 3.8) is 0 Å². The van der Waals surface area contributed by atoms with E-state index in [0.717, 1.165) is 47.4 Å². The first-order valence-corrected chi connectivity index (χ1v) is 7.55. The van der Waals surface area contributed by atoms with E-state index in [4.69, 9.17) is 0 Å². The molecule has 0 fully saturated rings. The van der Waals surface area contributed by atoms with E-state index in [0.29, 0.717) is 0 Å². The van der Waals surface area contributed by atoms with E-state index in [1.165, 1.54) is 11.8 Å². The molecule has 0 spiro atoms. The third-order valence-electron chi connectivity index (χ3n) is 2.72. The predicted molar refractivity (Wildman–Crippen MR) is 77.7 cm³/mol. The van der Waals surface area contributed by atoms with Crippen LogP contribution in [0.3, 0.4) is 0 Å². The van der Waals surface area contributed by atoms with E-state index in [9.17, 15) is 0 Å².